The summed E-state index contributed by atoms with van der Waals surface area (Å²) in [6.45, 7) is 0.495. The van der Waals surface area contributed by atoms with Crippen molar-refractivity contribution in [2.45, 2.75) is 6.42 Å². The van der Waals surface area contributed by atoms with Crippen LogP contribution < -0.4 is 5.32 Å². The van der Waals surface area contributed by atoms with Crippen molar-refractivity contribution in [1.29, 1.82) is 0 Å². The Balaban J connectivity index is 1.78. The molecule has 2 aromatic heterocycles. The number of carbonyl (C=O) groups excluding carboxylic acids is 1. The second-order valence-corrected chi connectivity index (χ2v) is 4.28. The van der Waals surface area contributed by atoms with Gasteiger partial charge in [0.1, 0.15) is 11.6 Å². The number of nitrogens with one attached hydrogen (secondary N) is 2. The number of carbonyl (C=O) groups is 1. The van der Waals surface area contributed by atoms with Crippen molar-refractivity contribution in [3.05, 3.63) is 40.8 Å². The van der Waals surface area contributed by atoms with Crippen molar-refractivity contribution < 1.29 is 9.21 Å². The van der Waals surface area contributed by atoms with Crippen LogP contribution in [0.3, 0.4) is 0 Å². The zero-order valence-electron chi connectivity index (χ0n) is 10.4. The normalized spacial score (nSPS) is 11.0. The number of nitrogens with zero attached hydrogens (tertiary/aromatic N) is 2. The Morgan fingerprint density at radius 2 is 2.53 bits per heavy atom. The Kier molecular flexibility index (Phi) is 4.30. The van der Waals surface area contributed by atoms with Gasteiger partial charge in [0, 0.05) is 26.1 Å². The van der Waals surface area contributed by atoms with Gasteiger partial charge in [-0.3, -0.25) is 9.89 Å². The summed E-state index contributed by atoms with van der Waals surface area (Å²) < 4.78 is 7.43. The summed E-state index contributed by atoms with van der Waals surface area (Å²) in [5.74, 6) is 1.28. The van der Waals surface area contributed by atoms with E-state index < -0.39 is 0 Å². The molecule has 2 rings (SSSR count). The standard InChI is InChI=1S/C12H14N4O2S/c1-16-10(14-15-12(16)19)6-7-13-11(17)5-4-9-3-2-8-18-9/h2-5,8H,6-7H2,1H3,(H,13,17)(H,15,19)/b5-4+. The average molecular weight is 278 g/mol. The Labute approximate surface area is 115 Å². The van der Waals surface area contributed by atoms with Crippen LogP contribution in [0, 0.1) is 4.77 Å². The van der Waals surface area contributed by atoms with Gasteiger partial charge < -0.3 is 14.3 Å². The quantitative estimate of drug-likeness (QED) is 0.641. The average Bonchev–Trinajstić information content (AvgIpc) is 3.01. The lowest BCUT2D eigenvalue weighted by atomic mass is 10.3. The van der Waals surface area contributed by atoms with Crippen molar-refractivity contribution in [3.8, 4) is 0 Å². The molecule has 0 aliphatic rings. The van der Waals surface area contributed by atoms with Crippen molar-refractivity contribution in [3.63, 3.8) is 0 Å². The van der Waals surface area contributed by atoms with Crippen molar-refractivity contribution >= 4 is 24.2 Å². The number of H-pyrrole nitrogens is 1. The van der Waals surface area contributed by atoms with Gasteiger partial charge in [0.15, 0.2) is 4.77 Å². The van der Waals surface area contributed by atoms with Gasteiger partial charge in [-0.15, -0.1) is 0 Å². The van der Waals surface area contributed by atoms with E-state index in [1.54, 1.807) is 29.0 Å². The molecule has 0 spiro atoms. The van der Waals surface area contributed by atoms with E-state index in [1.165, 1.54) is 6.08 Å². The van der Waals surface area contributed by atoms with E-state index in [9.17, 15) is 4.79 Å². The molecule has 0 atom stereocenters. The van der Waals surface area contributed by atoms with Crippen molar-refractivity contribution in [1.82, 2.24) is 20.1 Å². The maximum absolute atomic E-state index is 11.5. The first-order valence-electron chi connectivity index (χ1n) is 5.76. The molecule has 0 saturated carbocycles. The van der Waals surface area contributed by atoms with E-state index in [0.29, 0.717) is 23.5 Å². The monoisotopic (exact) mass is 278 g/mol. The summed E-state index contributed by atoms with van der Waals surface area (Å²) in [7, 11) is 1.83. The molecule has 2 aromatic rings. The fourth-order valence-electron chi connectivity index (χ4n) is 1.50. The fourth-order valence-corrected chi connectivity index (χ4v) is 1.65. The topological polar surface area (TPSA) is 75.8 Å². The Morgan fingerprint density at radius 3 is 3.16 bits per heavy atom. The molecule has 100 valence electrons. The molecular formula is C12H14N4O2S. The first kappa shape index (κ1) is 13.3. The Bertz CT molecular complexity index is 624. The van der Waals surface area contributed by atoms with Crippen molar-refractivity contribution in [2.24, 2.45) is 7.05 Å². The van der Waals surface area contributed by atoms with Crippen molar-refractivity contribution in [2.75, 3.05) is 6.54 Å². The minimum absolute atomic E-state index is 0.173. The minimum atomic E-state index is -0.173. The predicted octanol–water partition coefficient (Wildman–Crippen LogP) is 1.44. The molecule has 2 heterocycles. The molecule has 0 aliphatic heterocycles. The Morgan fingerprint density at radius 1 is 1.68 bits per heavy atom. The van der Waals surface area contributed by atoms with E-state index in [4.69, 9.17) is 16.6 Å². The molecule has 19 heavy (non-hydrogen) atoms. The molecule has 1 amide bonds. The smallest absolute Gasteiger partial charge is 0.244 e. The third kappa shape index (κ3) is 3.65. The molecule has 0 fully saturated rings. The van der Waals surface area contributed by atoms with Crippen LogP contribution in [0.5, 0.6) is 0 Å². The molecule has 0 bridgehead atoms. The lowest BCUT2D eigenvalue weighted by Crippen LogP contribution is -2.24. The second kappa shape index (κ2) is 6.14. The zero-order valence-corrected chi connectivity index (χ0v) is 11.2. The second-order valence-electron chi connectivity index (χ2n) is 3.89. The lowest BCUT2D eigenvalue weighted by molar-refractivity contribution is -0.116. The summed E-state index contributed by atoms with van der Waals surface area (Å²) in [5, 5.41) is 9.52. The molecule has 6 nitrogen and oxygen atoms in total. The van der Waals surface area contributed by atoms with Crippen LogP contribution in [-0.2, 0) is 18.3 Å². The van der Waals surface area contributed by atoms with Crippen LogP contribution in [0.25, 0.3) is 6.08 Å². The van der Waals surface area contributed by atoms with E-state index in [0.717, 1.165) is 5.82 Å². The summed E-state index contributed by atoms with van der Waals surface area (Å²) in [5.41, 5.74) is 0. The van der Waals surface area contributed by atoms with Gasteiger partial charge in [0.05, 0.1) is 6.26 Å². The van der Waals surface area contributed by atoms with E-state index in [-0.39, 0.29) is 5.91 Å². The molecule has 0 saturated heterocycles. The highest BCUT2D eigenvalue weighted by atomic mass is 32.1. The molecule has 2 N–H and O–H groups in total. The molecule has 0 aromatic carbocycles. The summed E-state index contributed by atoms with van der Waals surface area (Å²) in [4.78, 5) is 11.5. The summed E-state index contributed by atoms with van der Waals surface area (Å²) in [6, 6.07) is 3.54. The highest BCUT2D eigenvalue weighted by molar-refractivity contribution is 7.71. The summed E-state index contributed by atoms with van der Waals surface area (Å²) in [6.07, 6.45) is 5.22. The first-order valence-corrected chi connectivity index (χ1v) is 6.17. The molecule has 0 unspecified atom stereocenters. The third-order valence-corrected chi connectivity index (χ3v) is 2.93. The SMILES string of the molecule is Cn1c(CCNC(=O)/C=C/c2ccco2)n[nH]c1=S. The highest BCUT2D eigenvalue weighted by Crippen LogP contribution is 2.01. The van der Waals surface area contributed by atoms with Gasteiger partial charge in [-0.05, 0) is 30.4 Å². The summed E-state index contributed by atoms with van der Waals surface area (Å²) >= 11 is 5.00. The number of amides is 1. The predicted molar refractivity (Wildman–Crippen MR) is 72.8 cm³/mol. The van der Waals surface area contributed by atoms with Gasteiger partial charge >= 0.3 is 0 Å². The van der Waals surface area contributed by atoms with Gasteiger partial charge in [0.2, 0.25) is 5.91 Å². The van der Waals surface area contributed by atoms with E-state index >= 15 is 0 Å². The third-order valence-electron chi connectivity index (χ3n) is 2.56. The molecule has 0 aliphatic carbocycles. The van der Waals surface area contributed by atoms with Crippen LogP contribution in [0.15, 0.2) is 28.9 Å². The number of rotatable bonds is 5. The minimum Gasteiger partial charge on any atom is -0.465 e. The van der Waals surface area contributed by atoms with Gasteiger partial charge in [-0.25, -0.2) is 0 Å². The first-order chi connectivity index (χ1) is 9.16. The largest absolute Gasteiger partial charge is 0.465 e. The number of hydrogen-bond acceptors (Lipinski definition) is 4. The Hall–Kier alpha value is -2.15. The van der Waals surface area contributed by atoms with Crippen LogP contribution in [0.4, 0.5) is 0 Å². The number of aromatic nitrogens is 3. The van der Waals surface area contributed by atoms with Crippen LogP contribution in [0.2, 0.25) is 0 Å². The molecular weight excluding hydrogens is 264 g/mol. The highest BCUT2D eigenvalue weighted by Gasteiger charge is 2.02. The zero-order chi connectivity index (χ0) is 13.7. The molecule has 7 heteroatoms. The van der Waals surface area contributed by atoms with E-state index in [1.807, 2.05) is 7.05 Å². The van der Waals surface area contributed by atoms with Gasteiger partial charge in [-0.2, -0.15) is 5.10 Å². The number of hydrogen-bond donors (Lipinski definition) is 2. The van der Waals surface area contributed by atoms with Crippen LogP contribution in [-0.4, -0.2) is 27.2 Å². The van der Waals surface area contributed by atoms with Crippen LogP contribution >= 0.6 is 12.2 Å². The maximum atomic E-state index is 11.5. The lowest BCUT2D eigenvalue weighted by Gasteiger charge is -2.01. The van der Waals surface area contributed by atoms with Gasteiger partial charge in [0.25, 0.3) is 0 Å². The number of aromatic amines is 1. The van der Waals surface area contributed by atoms with Gasteiger partial charge in [-0.1, -0.05) is 0 Å². The number of furan rings is 1. The molecule has 0 radical (unpaired) electrons. The fraction of sp³-hybridized carbons (Fsp3) is 0.250. The van der Waals surface area contributed by atoms with Crippen LogP contribution in [0.1, 0.15) is 11.6 Å². The van der Waals surface area contributed by atoms with E-state index in [2.05, 4.69) is 15.5 Å². The maximum Gasteiger partial charge on any atom is 0.244 e.